The molecular formula is C7H15NO2S. The molecule has 1 aliphatic heterocycles. The molecule has 0 spiro atoms. The Bertz CT molecular complexity index is 208. The van der Waals surface area contributed by atoms with Crippen molar-refractivity contribution in [1.82, 2.24) is 5.32 Å². The molecule has 0 aromatic carbocycles. The monoisotopic (exact) mass is 177 g/mol. The van der Waals surface area contributed by atoms with Crippen LogP contribution in [0.4, 0.5) is 0 Å². The van der Waals surface area contributed by atoms with Crippen molar-refractivity contribution in [1.29, 1.82) is 0 Å². The Kier molecular flexibility index (Phi) is 2.90. The van der Waals surface area contributed by atoms with Gasteiger partial charge >= 0.3 is 0 Å². The van der Waals surface area contributed by atoms with Crippen LogP contribution in [0.15, 0.2) is 0 Å². The molecule has 0 radical (unpaired) electrons. The lowest BCUT2D eigenvalue weighted by atomic mass is 10.2. The zero-order valence-corrected chi connectivity index (χ0v) is 7.65. The summed E-state index contributed by atoms with van der Waals surface area (Å²) in [5, 5.41) is 2.97. The first-order valence-corrected chi connectivity index (χ1v) is 5.80. The van der Waals surface area contributed by atoms with Crippen LogP contribution in [0.2, 0.25) is 0 Å². The highest BCUT2D eigenvalue weighted by molar-refractivity contribution is 7.92. The second kappa shape index (κ2) is 3.54. The van der Waals surface area contributed by atoms with Gasteiger partial charge < -0.3 is 5.32 Å². The van der Waals surface area contributed by atoms with Gasteiger partial charge in [-0.3, -0.25) is 0 Å². The van der Waals surface area contributed by atoms with E-state index in [2.05, 4.69) is 5.32 Å². The van der Waals surface area contributed by atoms with E-state index in [1.54, 1.807) is 0 Å². The van der Waals surface area contributed by atoms with Crippen molar-refractivity contribution in [2.24, 2.45) is 0 Å². The summed E-state index contributed by atoms with van der Waals surface area (Å²) in [6, 6.07) is 0. The van der Waals surface area contributed by atoms with Gasteiger partial charge in [-0.05, 0) is 6.42 Å². The van der Waals surface area contributed by atoms with Crippen molar-refractivity contribution in [3.8, 4) is 0 Å². The van der Waals surface area contributed by atoms with Gasteiger partial charge in [0.2, 0.25) is 0 Å². The van der Waals surface area contributed by atoms with Crippen LogP contribution in [0, 0.1) is 0 Å². The number of hydrogen-bond acceptors (Lipinski definition) is 3. The van der Waals surface area contributed by atoms with Gasteiger partial charge in [-0.2, -0.15) is 0 Å². The zero-order valence-electron chi connectivity index (χ0n) is 6.84. The molecule has 0 amide bonds. The largest absolute Gasteiger partial charge is 0.314 e. The molecular weight excluding hydrogens is 162 g/mol. The lowest BCUT2D eigenvalue weighted by molar-refractivity contribution is 0.531. The minimum Gasteiger partial charge on any atom is -0.314 e. The van der Waals surface area contributed by atoms with Gasteiger partial charge in [0.15, 0.2) is 9.84 Å². The SMILES string of the molecule is CCCC1CNCCS1(=O)=O. The van der Waals surface area contributed by atoms with Crippen molar-refractivity contribution in [3.63, 3.8) is 0 Å². The fraction of sp³-hybridized carbons (Fsp3) is 1.00. The molecule has 1 N–H and O–H groups in total. The van der Waals surface area contributed by atoms with Gasteiger partial charge in [0.1, 0.15) is 0 Å². The summed E-state index contributed by atoms with van der Waals surface area (Å²) in [6.07, 6.45) is 1.75. The van der Waals surface area contributed by atoms with Crippen LogP contribution in [-0.4, -0.2) is 32.5 Å². The van der Waals surface area contributed by atoms with E-state index in [9.17, 15) is 8.42 Å². The van der Waals surface area contributed by atoms with Crippen LogP contribution in [-0.2, 0) is 9.84 Å². The summed E-state index contributed by atoms with van der Waals surface area (Å²) in [4.78, 5) is 0. The lowest BCUT2D eigenvalue weighted by Crippen LogP contribution is -2.43. The zero-order chi connectivity index (χ0) is 8.32. The van der Waals surface area contributed by atoms with E-state index in [0.717, 1.165) is 12.8 Å². The van der Waals surface area contributed by atoms with Crippen LogP contribution in [0.5, 0.6) is 0 Å². The molecule has 0 aromatic heterocycles. The third-order valence-electron chi connectivity index (χ3n) is 2.05. The second-order valence-corrected chi connectivity index (χ2v) is 5.38. The Morgan fingerprint density at radius 1 is 1.55 bits per heavy atom. The van der Waals surface area contributed by atoms with Gasteiger partial charge in [0.25, 0.3) is 0 Å². The van der Waals surface area contributed by atoms with Gasteiger partial charge in [-0.15, -0.1) is 0 Å². The Labute approximate surface area is 68.1 Å². The van der Waals surface area contributed by atoms with Gasteiger partial charge in [-0.25, -0.2) is 8.42 Å². The number of hydrogen-bond donors (Lipinski definition) is 1. The molecule has 66 valence electrons. The molecule has 1 saturated heterocycles. The van der Waals surface area contributed by atoms with E-state index in [-0.39, 0.29) is 5.25 Å². The molecule has 0 bridgehead atoms. The molecule has 1 heterocycles. The van der Waals surface area contributed by atoms with E-state index in [0.29, 0.717) is 18.8 Å². The highest BCUT2D eigenvalue weighted by atomic mass is 32.2. The number of sulfone groups is 1. The number of nitrogens with one attached hydrogen (secondary N) is 1. The van der Waals surface area contributed by atoms with E-state index in [1.165, 1.54) is 0 Å². The Hall–Kier alpha value is -0.0900. The molecule has 1 aliphatic rings. The average Bonchev–Trinajstić information content (AvgIpc) is 1.94. The van der Waals surface area contributed by atoms with E-state index < -0.39 is 9.84 Å². The van der Waals surface area contributed by atoms with E-state index in [4.69, 9.17) is 0 Å². The molecule has 0 aliphatic carbocycles. The maximum Gasteiger partial charge on any atom is 0.155 e. The second-order valence-electron chi connectivity index (χ2n) is 2.98. The highest BCUT2D eigenvalue weighted by Gasteiger charge is 2.27. The fourth-order valence-corrected chi connectivity index (χ4v) is 3.10. The third kappa shape index (κ3) is 2.17. The minimum atomic E-state index is -2.75. The summed E-state index contributed by atoms with van der Waals surface area (Å²) in [7, 11) is -2.75. The van der Waals surface area contributed by atoms with Crippen molar-refractivity contribution in [3.05, 3.63) is 0 Å². The van der Waals surface area contributed by atoms with Crippen LogP contribution >= 0.6 is 0 Å². The molecule has 1 rings (SSSR count). The average molecular weight is 177 g/mol. The fourth-order valence-electron chi connectivity index (χ4n) is 1.37. The van der Waals surface area contributed by atoms with Gasteiger partial charge in [0.05, 0.1) is 11.0 Å². The highest BCUT2D eigenvalue weighted by Crippen LogP contribution is 2.11. The predicted octanol–water partition coefficient (Wildman–Crippen LogP) is 0.173. The van der Waals surface area contributed by atoms with Crippen LogP contribution < -0.4 is 5.32 Å². The van der Waals surface area contributed by atoms with Crippen LogP contribution in [0.3, 0.4) is 0 Å². The summed E-state index contributed by atoms with van der Waals surface area (Å²) in [5.74, 6) is 0.317. The molecule has 1 fully saturated rings. The standard InChI is InChI=1S/C7H15NO2S/c1-2-3-7-6-8-4-5-11(7,9)10/h7-8H,2-6H2,1H3. The van der Waals surface area contributed by atoms with Gasteiger partial charge in [-0.1, -0.05) is 13.3 Å². The van der Waals surface area contributed by atoms with Crippen LogP contribution in [0.1, 0.15) is 19.8 Å². The molecule has 0 aromatic rings. The lowest BCUT2D eigenvalue weighted by Gasteiger charge is -2.22. The number of rotatable bonds is 2. The predicted molar refractivity (Wildman–Crippen MR) is 45.4 cm³/mol. The molecule has 1 unspecified atom stereocenters. The third-order valence-corrected chi connectivity index (χ3v) is 4.25. The van der Waals surface area contributed by atoms with E-state index >= 15 is 0 Å². The quantitative estimate of drug-likeness (QED) is 0.654. The van der Waals surface area contributed by atoms with Crippen molar-refractivity contribution < 1.29 is 8.42 Å². The van der Waals surface area contributed by atoms with E-state index in [1.807, 2.05) is 6.92 Å². The molecule has 1 atom stereocenters. The minimum absolute atomic E-state index is 0.124. The molecule has 3 nitrogen and oxygen atoms in total. The smallest absolute Gasteiger partial charge is 0.155 e. The maximum absolute atomic E-state index is 11.3. The van der Waals surface area contributed by atoms with Crippen molar-refractivity contribution in [2.45, 2.75) is 25.0 Å². The normalized spacial score (nSPS) is 30.1. The molecule has 4 heteroatoms. The topological polar surface area (TPSA) is 46.2 Å². The first kappa shape index (κ1) is 9.00. The van der Waals surface area contributed by atoms with Gasteiger partial charge in [0, 0.05) is 13.1 Å². The summed E-state index contributed by atoms with van der Waals surface area (Å²) >= 11 is 0. The summed E-state index contributed by atoms with van der Waals surface area (Å²) in [6.45, 7) is 3.29. The first-order valence-electron chi connectivity index (χ1n) is 4.09. The Morgan fingerprint density at radius 2 is 2.27 bits per heavy atom. The summed E-state index contributed by atoms with van der Waals surface area (Å²) < 4.78 is 22.7. The molecule has 0 saturated carbocycles. The Balaban J connectivity index is 2.60. The van der Waals surface area contributed by atoms with Crippen LogP contribution in [0.25, 0.3) is 0 Å². The molecule has 11 heavy (non-hydrogen) atoms. The van der Waals surface area contributed by atoms with Crippen molar-refractivity contribution in [2.75, 3.05) is 18.8 Å². The van der Waals surface area contributed by atoms with Crippen molar-refractivity contribution >= 4 is 9.84 Å². The first-order chi connectivity index (χ1) is 5.17. The Morgan fingerprint density at radius 3 is 2.82 bits per heavy atom. The maximum atomic E-state index is 11.3. The summed E-state index contributed by atoms with van der Waals surface area (Å²) in [5.41, 5.74) is 0.